The molecule has 35 heavy (non-hydrogen) atoms. The van der Waals surface area contributed by atoms with Crippen molar-refractivity contribution in [3.8, 4) is 22.6 Å². The van der Waals surface area contributed by atoms with Crippen LogP contribution in [0.15, 0.2) is 48.5 Å². The molecule has 0 spiro atoms. The monoisotopic (exact) mass is 487 g/mol. The number of nitrogens with zero attached hydrogens (tertiary/aromatic N) is 1. The van der Waals surface area contributed by atoms with E-state index in [0.717, 1.165) is 18.2 Å². The van der Waals surface area contributed by atoms with Crippen LogP contribution >= 0.6 is 0 Å². The minimum Gasteiger partial charge on any atom is -0.503 e. The minimum absolute atomic E-state index is 0.00908. The molecule has 9 heteroatoms. The molecule has 3 aromatic carbocycles. The van der Waals surface area contributed by atoms with E-state index in [1.165, 1.54) is 42.0 Å². The van der Waals surface area contributed by atoms with E-state index in [-0.39, 0.29) is 34.2 Å². The first kappa shape index (κ1) is 24.3. The molecule has 0 aliphatic rings. The standard InChI is InChI=1S/C26H21F4NO4/c1-26(2,12-35-3)24-20(14-6-9-17(27)18(28)10-14)16-11-19(29)21(30)23(32)22(16)31(24)15-7-4-13(5-8-15)25(33)34/h4-11,32H,12H2,1-3H3,(H,33,34). The van der Waals surface area contributed by atoms with Crippen molar-refractivity contribution in [2.45, 2.75) is 19.3 Å². The van der Waals surface area contributed by atoms with Crippen molar-refractivity contribution in [1.29, 1.82) is 0 Å². The first-order valence-corrected chi connectivity index (χ1v) is 10.5. The third-order valence-electron chi connectivity index (χ3n) is 5.85. The van der Waals surface area contributed by atoms with Gasteiger partial charge in [-0.05, 0) is 48.0 Å². The van der Waals surface area contributed by atoms with E-state index in [1.54, 1.807) is 13.8 Å². The number of hydrogen-bond acceptors (Lipinski definition) is 3. The third kappa shape index (κ3) is 4.01. The number of aromatic carboxylic acids is 1. The molecule has 0 aliphatic heterocycles. The summed E-state index contributed by atoms with van der Waals surface area (Å²) in [6.07, 6.45) is 0. The number of phenolic OH excluding ortho intramolecular Hbond substituents is 1. The van der Waals surface area contributed by atoms with E-state index in [9.17, 15) is 32.6 Å². The normalized spacial score (nSPS) is 11.9. The minimum atomic E-state index is -1.48. The summed E-state index contributed by atoms with van der Waals surface area (Å²) in [6.45, 7) is 3.67. The van der Waals surface area contributed by atoms with Crippen molar-refractivity contribution < 1.29 is 37.3 Å². The molecule has 0 fully saturated rings. The highest BCUT2D eigenvalue weighted by Crippen LogP contribution is 2.46. The van der Waals surface area contributed by atoms with Crippen LogP contribution in [-0.2, 0) is 10.2 Å². The molecule has 1 heterocycles. The van der Waals surface area contributed by atoms with E-state index < -0.39 is 40.4 Å². The molecule has 0 radical (unpaired) electrons. The molecule has 0 aliphatic carbocycles. The summed E-state index contributed by atoms with van der Waals surface area (Å²) in [5.74, 6) is -7.17. The lowest BCUT2D eigenvalue weighted by Crippen LogP contribution is -2.27. The number of aromatic nitrogens is 1. The molecule has 0 saturated carbocycles. The third-order valence-corrected chi connectivity index (χ3v) is 5.85. The van der Waals surface area contributed by atoms with Crippen molar-refractivity contribution in [2.24, 2.45) is 0 Å². The molecule has 0 atom stereocenters. The van der Waals surface area contributed by atoms with Gasteiger partial charge in [0, 0.05) is 34.9 Å². The predicted octanol–water partition coefficient (Wildman–Crippen LogP) is 6.18. The quantitative estimate of drug-likeness (QED) is 0.319. The number of carboxylic acids is 1. The highest BCUT2D eigenvalue weighted by atomic mass is 19.2. The maximum atomic E-state index is 14.6. The summed E-state index contributed by atoms with van der Waals surface area (Å²) >= 11 is 0. The van der Waals surface area contributed by atoms with E-state index >= 15 is 0 Å². The van der Waals surface area contributed by atoms with E-state index in [0.29, 0.717) is 11.4 Å². The van der Waals surface area contributed by atoms with Gasteiger partial charge < -0.3 is 19.5 Å². The Labute approximate surface area is 197 Å². The molecule has 0 saturated heterocycles. The van der Waals surface area contributed by atoms with Crippen LogP contribution in [0.5, 0.6) is 5.75 Å². The van der Waals surface area contributed by atoms with Crippen LogP contribution in [0, 0.1) is 23.3 Å². The van der Waals surface area contributed by atoms with Gasteiger partial charge in [0.05, 0.1) is 17.7 Å². The Kier molecular flexibility index (Phi) is 6.06. The number of phenols is 1. The number of carboxylic acid groups (broad SMARTS) is 1. The average Bonchev–Trinajstić information content (AvgIpc) is 3.15. The first-order chi connectivity index (χ1) is 16.5. The van der Waals surface area contributed by atoms with Gasteiger partial charge in [-0.15, -0.1) is 0 Å². The van der Waals surface area contributed by atoms with Gasteiger partial charge in [0.25, 0.3) is 0 Å². The largest absolute Gasteiger partial charge is 0.503 e. The molecule has 0 amide bonds. The molecule has 0 bridgehead atoms. The van der Waals surface area contributed by atoms with Gasteiger partial charge in [-0.2, -0.15) is 4.39 Å². The molecule has 182 valence electrons. The van der Waals surface area contributed by atoms with Crippen LogP contribution in [0.4, 0.5) is 17.6 Å². The lowest BCUT2D eigenvalue weighted by atomic mass is 9.84. The second-order valence-corrected chi connectivity index (χ2v) is 8.77. The Morgan fingerprint density at radius 3 is 2.20 bits per heavy atom. The van der Waals surface area contributed by atoms with Crippen LogP contribution in [0.3, 0.4) is 0 Å². The Hall–Kier alpha value is -3.85. The van der Waals surface area contributed by atoms with E-state index in [2.05, 4.69) is 0 Å². The number of carbonyl (C=O) groups is 1. The molecule has 1 aromatic heterocycles. The first-order valence-electron chi connectivity index (χ1n) is 10.5. The summed E-state index contributed by atoms with van der Waals surface area (Å²) in [6, 6.07) is 9.59. The Morgan fingerprint density at radius 1 is 0.971 bits per heavy atom. The number of aromatic hydroxyl groups is 1. The molecular formula is C26H21F4NO4. The van der Waals surface area contributed by atoms with Crippen LogP contribution < -0.4 is 0 Å². The zero-order valence-corrected chi connectivity index (χ0v) is 19.0. The molecule has 0 unspecified atom stereocenters. The number of halogens is 4. The maximum Gasteiger partial charge on any atom is 0.335 e. The van der Waals surface area contributed by atoms with Gasteiger partial charge in [0.2, 0.25) is 5.82 Å². The molecular weight excluding hydrogens is 466 g/mol. The molecule has 2 N–H and O–H groups in total. The second-order valence-electron chi connectivity index (χ2n) is 8.77. The number of fused-ring (bicyclic) bond motifs is 1. The van der Waals surface area contributed by atoms with E-state index in [4.69, 9.17) is 4.74 Å². The highest BCUT2D eigenvalue weighted by molar-refractivity contribution is 6.02. The molecule has 4 rings (SSSR count). The van der Waals surface area contributed by atoms with Crippen molar-refractivity contribution >= 4 is 16.9 Å². The number of rotatable bonds is 6. The topological polar surface area (TPSA) is 71.7 Å². The van der Waals surface area contributed by atoms with Crippen molar-refractivity contribution in [2.75, 3.05) is 13.7 Å². The SMILES string of the molecule is COCC(C)(C)c1c(-c2ccc(F)c(F)c2)c2cc(F)c(F)c(O)c2n1-c1ccc(C(=O)O)cc1. The van der Waals surface area contributed by atoms with Crippen molar-refractivity contribution in [1.82, 2.24) is 4.57 Å². The average molecular weight is 487 g/mol. The lowest BCUT2D eigenvalue weighted by Gasteiger charge is -2.28. The highest BCUT2D eigenvalue weighted by Gasteiger charge is 2.34. The van der Waals surface area contributed by atoms with Gasteiger partial charge in [-0.1, -0.05) is 19.9 Å². The Bertz CT molecular complexity index is 1460. The summed E-state index contributed by atoms with van der Waals surface area (Å²) in [5, 5.41) is 20.0. The fraction of sp³-hybridized carbons (Fsp3) is 0.192. The van der Waals surface area contributed by atoms with Gasteiger partial charge >= 0.3 is 5.97 Å². The van der Waals surface area contributed by atoms with Crippen molar-refractivity contribution in [3.63, 3.8) is 0 Å². The second kappa shape index (κ2) is 8.74. The van der Waals surface area contributed by atoms with Crippen molar-refractivity contribution in [3.05, 3.63) is 83.1 Å². The zero-order chi connectivity index (χ0) is 25.7. The van der Waals surface area contributed by atoms with Crippen LogP contribution in [0.25, 0.3) is 27.7 Å². The van der Waals surface area contributed by atoms with Crippen LogP contribution in [0.1, 0.15) is 29.9 Å². The summed E-state index contributed by atoms with van der Waals surface area (Å²) in [5.41, 5.74) is 0.0877. The number of methoxy groups -OCH3 is 1. The maximum absolute atomic E-state index is 14.6. The smallest absolute Gasteiger partial charge is 0.335 e. The van der Waals surface area contributed by atoms with Gasteiger partial charge in [0.15, 0.2) is 23.2 Å². The molecule has 5 nitrogen and oxygen atoms in total. The summed E-state index contributed by atoms with van der Waals surface area (Å²) < 4.78 is 63.9. The Morgan fingerprint density at radius 2 is 1.63 bits per heavy atom. The summed E-state index contributed by atoms with van der Waals surface area (Å²) in [4.78, 5) is 11.3. The lowest BCUT2D eigenvalue weighted by molar-refractivity contribution is 0.0697. The fourth-order valence-electron chi connectivity index (χ4n) is 4.40. The predicted molar refractivity (Wildman–Crippen MR) is 122 cm³/mol. The summed E-state index contributed by atoms with van der Waals surface area (Å²) in [7, 11) is 1.46. The number of ether oxygens (including phenoxy) is 1. The van der Waals surface area contributed by atoms with Gasteiger partial charge in [0.1, 0.15) is 0 Å². The fourth-order valence-corrected chi connectivity index (χ4v) is 4.40. The molecule has 4 aromatic rings. The van der Waals surface area contributed by atoms with Crippen LogP contribution in [-0.4, -0.2) is 34.5 Å². The number of benzene rings is 3. The van der Waals surface area contributed by atoms with E-state index in [1.807, 2.05) is 0 Å². The van der Waals surface area contributed by atoms with Gasteiger partial charge in [-0.3, -0.25) is 0 Å². The zero-order valence-electron chi connectivity index (χ0n) is 19.0. The Balaban J connectivity index is 2.23. The number of hydrogen-bond donors (Lipinski definition) is 2. The van der Waals surface area contributed by atoms with Crippen LogP contribution in [0.2, 0.25) is 0 Å². The van der Waals surface area contributed by atoms with Gasteiger partial charge in [-0.25, -0.2) is 18.0 Å².